The Morgan fingerprint density at radius 1 is 1.24 bits per heavy atom. The van der Waals surface area contributed by atoms with Crippen LogP contribution in [0.2, 0.25) is 0 Å². The van der Waals surface area contributed by atoms with Crippen LogP contribution < -0.4 is 0 Å². The van der Waals surface area contributed by atoms with E-state index in [1.807, 2.05) is 25.8 Å². The molecule has 0 fully saturated rings. The van der Waals surface area contributed by atoms with Gasteiger partial charge in [-0.15, -0.1) is 0 Å². The summed E-state index contributed by atoms with van der Waals surface area (Å²) in [7, 11) is 1.81. The number of aryl methyl sites for hydroxylation is 1. The molecule has 0 aromatic carbocycles. The summed E-state index contributed by atoms with van der Waals surface area (Å²) in [5.41, 5.74) is 0. The quantitative estimate of drug-likeness (QED) is 0.583. The molecule has 3 heteroatoms. The molecule has 1 rings (SSSR count). The number of nitrogens with zero attached hydrogens (tertiary/aromatic N) is 2. The van der Waals surface area contributed by atoms with Gasteiger partial charge in [-0.2, -0.15) is 0 Å². The zero-order valence-corrected chi connectivity index (χ0v) is 11.3. The molecule has 1 atom stereocenters. The van der Waals surface area contributed by atoms with Crippen molar-refractivity contribution in [1.29, 1.82) is 0 Å². The summed E-state index contributed by atoms with van der Waals surface area (Å²) < 4.78 is 7.41. The van der Waals surface area contributed by atoms with E-state index in [4.69, 9.17) is 4.74 Å². The maximum atomic E-state index is 5.26. The van der Waals surface area contributed by atoms with Crippen LogP contribution in [-0.4, -0.2) is 23.3 Å². The van der Waals surface area contributed by atoms with Crippen LogP contribution in [0.5, 0.6) is 0 Å². The smallest absolute Gasteiger partial charge is 0.0945 e. The van der Waals surface area contributed by atoms with Gasteiger partial charge >= 0.3 is 0 Å². The van der Waals surface area contributed by atoms with Crippen LogP contribution in [0.3, 0.4) is 0 Å². The molecular formula is C14H26N2O. The minimum atomic E-state index is 0.762. The Morgan fingerprint density at radius 3 is 2.76 bits per heavy atom. The molecule has 0 saturated heterocycles. The highest BCUT2D eigenvalue weighted by Gasteiger charge is 2.06. The van der Waals surface area contributed by atoms with Crippen LogP contribution in [0.15, 0.2) is 18.7 Å². The van der Waals surface area contributed by atoms with Gasteiger partial charge in [-0.05, 0) is 25.2 Å². The minimum Gasteiger partial charge on any atom is -0.384 e. The fraction of sp³-hybridized carbons (Fsp3) is 0.786. The molecule has 17 heavy (non-hydrogen) atoms. The van der Waals surface area contributed by atoms with Gasteiger partial charge in [-0.3, -0.25) is 0 Å². The number of methoxy groups -OCH3 is 1. The van der Waals surface area contributed by atoms with Crippen molar-refractivity contribution in [3.8, 4) is 0 Å². The van der Waals surface area contributed by atoms with Gasteiger partial charge in [0, 0.05) is 32.7 Å². The van der Waals surface area contributed by atoms with Crippen LogP contribution >= 0.6 is 0 Å². The lowest BCUT2D eigenvalue weighted by molar-refractivity contribution is 0.141. The topological polar surface area (TPSA) is 27.1 Å². The first-order chi connectivity index (χ1) is 8.36. The van der Waals surface area contributed by atoms with Crippen LogP contribution in [0.25, 0.3) is 0 Å². The van der Waals surface area contributed by atoms with Crippen molar-refractivity contribution in [2.75, 3.05) is 13.7 Å². The average molecular weight is 238 g/mol. The van der Waals surface area contributed by atoms with Gasteiger partial charge in [0.05, 0.1) is 6.33 Å². The fourth-order valence-corrected chi connectivity index (χ4v) is 2.28. The first-order valence-electron chi connectivity index (χ1n) is 6.81. The number of hydrogen-bond acceptors (Lipinski definition) is 2. The van der Waals surface area contributed by atoms with Gasteiger partial charge < -0.3 is 9.30 Å². The molecule has 0 N–H and O–H groups in total. The summed E-state index contributed by atoms with van der Waals surface area (Å²) in [5, 5.41) is 0. The molecule has 0 radical (unpaired) electrons. The maximum Gasteiger partial charge on any atom is 0.0945 e. The molecule has 0 spiro atoms. The molecule has 98 valence electrons. The van der Waals surface area contributed by atoms with E-state index < -0.39 is 0 Å². The first-order valence-corrected chi connectivity index (χ1v) is 6.81. The van der Waals surface area contributed by atoms with Crippen molar-refractivity contribution in [3.05, 3.63) is 18.7 Å². The normalized spacial score (nSPS) is 12.8. The van der Waals surface area contributed by atoms with E-state index in [9.17, 15) is 0 Å². The molecule has 0 unspecified atom stereocenters. The summed E-state index contributed by atoms with van der Waals surface area (Å²) in [4.78, 5) is 4.04. The number of imidazole rings is 1. The third-order valence-electron chi connectivity index (χ3n) is 3.19. The third kappa shape index (κ3) is 6.47. The third-order valence-corrected chi connectivity index (χ3v) is 3.19. The summed E-state index contributed by atoms with van der Waals surface area (Å²) >= 11 is 0. The Hall–Kier alpha value is -0.830. The largest absolute Gasteiger partial charge is 0.384 e. The summed E-state index contributed by atoms with van der Waals surface area (Å²) in [6.07, 6.45) is 13.5. The number of hydrogen-bond donors (Lipinski definition) is 0. The van der Waals surface area contributed by atoms with E-state index in [1.54, 1.807) is 0 Å². The van der Waals surface area contributed by atoms with Crippen LogP contribution in [0, 0.1) is 5.92 Å². The molecule has 0 aliphatic carbocycles. The van der Waals surface area contributed by atoms with E-state index in [-0.39, 0.29) is 0 Å². The number of unbranched alkanes of at least 4 members (excludes halogenated alkanes) is 2. The monoisotopic (exact) mass is 238 g/mol. The SMILES string of the molecule is CCC[C@@H](CCCCCn1ccnc1)COC. The molecule has 0 saturated carbocycles. The van der Waals surface area contributed by atoms with E-state index >= 15 is 0 Å². The molecule has 0 aliphatic rings. The highest BCUT2D eigenvalue weighted by atomic mass is 16.5. The molecule has 0 amide bonds. The predicted molar refractivity (Wildman–Crippen MR) is 71.0 cm³/mol. The Labute approximate surface area is 105 Å². The van der Waals surface area contributed by atoms with E-state index in [2.05, 4.69) is 16.5 Å². The van der Waals surface area contributed by atoms with Gasteiger partial charge in [0.1, 0.15) is 0 Å². The van der Waals surface area contributed by atoms with Gasteiger partial charge in [0.15, 0.2) is 0 Å². The maximum absolute atomic E-state index is 5.26. The highest BCUT2D eigenvalue weighted by molar-refractivity contribution is 4.73. The summed E-state index contributed by atoms with van der Waals surface area (Å²) in [5.74, 6) is 0.762. The zero-order valence-electron chi connectivity index (χ0n) is 11.3. The molecule has 1 aromatic heterocycles. The van der Waals surface area contributed by atoms with Crippen LogP contribution in [0.4, 0.5) is 0 Å². The standard InChI is InChI=1S/C14H26N2O/c1-3-7-14(12-17-2)8-5-4-6-10-16-11-9-15-13-16/h9,11,13-14H,3-8,10,12H2,1-2H3/t14-/m0/s1. The van der Waals surface area contributed by atoms with E-state index in [0.29, 0.717) is 0 Å². The summed E-state index contributed by atoms with van der Waals surface area (Å²) in [6, 6.07) is 0. The van der Waals surface area contributed by atoms with Gasteiger partial charge in [0.2, 0.25) is 0 Å². The van der Waals surface area contributed by atoms with Crippen LogP contribution in [0.1, 0.15) is 45.4 Å². The summed E-state index contributed by atoms with van der Waals surface area (Å²) in [6.45, 7) is 4.28. The van der Waals surface area contributed by atoms with E-state index in [0.717, 1.165) is 19.1 Å². The van der Waals surface area contributed by atoms with Gasteiger partial charge in [0.25, 0.3) is 0 Å². The zero-order chi connectivity index (χ0) is 12.3. The second-order valence-corrected chi connectivity index (χ2v) is 4.76. The Kier molecular flexibility index (Phi) is 7.72. The van der Waals surface area contributed by atoms with Crippen molar-refractivity contribution in [2.45, 2.75) is 52.0 Å². The van der Waals surface area contributed by atoms with Gasteiger partial charge in [-0.1, -0.05) is 26.2 Å². The predicted octanol–water partition coefficient (Wildman–Crippen LogP) is 3.51. The number of ether oxygens (including phenoxy) is 1. The second kappa shape index (κ2) is 9.23. The second-order valence-electron chi connectivity index (χ2n) is 4.76. The van der Waals surface area contributed by atoms with Gasteiger partial charge in [-0.25, -0.2) is 4.98 Å². The number of rotatable bonds is 10. The lowest BCUT2D eigenvalue weighted by Crippen LogP contribution is -2.08. The number of aromatic nitrogens is 2. The first kappa shape index (κ1) is 14.2. The van der Waals surface area contributed by atoms with E-state index in [1.165, 1.54) is 38.5 Å². The lowest BCUT2D eigenvalue weighted by Gasteiger charge is -2.14. The Balaban J connectivity index is 2.01. The van der Waals surface area contributed by atoms with Crippen molar-refractivity contribution in [3.63, 3.8) is 0 Å². The molecule has 1 aromatic rings. The Bertz CT molecular complexity index is 253. The van der Waals surface area contributed by atoms with Crippen molar-refractivity contribution in [1.82, 2.24) is 9.55 Å². The molecule has 0 aliphatic heterocycles. The molecular weight excluding hydrogens is 212 g/mol. The average Bonchev–Trinajstić information content (AvgIpc) is 2.82. The minimum absolute atomic E-state index is 0.762. The fourth-order valence-electron chi connectivity index (χ4n) is 2.28. The van der Waals surface area contributed by atoms with Crippen molar-refractivity contribution < 1.29 is 4.74 Å². The van der Waals surface area contributed by atoms with Crippen molar-refractivity contribution >= 4 is 0 Å². The van der Waals surface area contributed by atoms with Crippen LogP contribution in [-0.2, 0) is 11.3 Å². The molecule has 1 heterocycles. The molecule has 3 nitrogen and oxygen atoms in total. The highest BCUT2D eigenvalue weighted by Crippen LogP contribution is 2.16. The molecule has 0 bridgehead atoms. The Morgan fingerprint density at radius 2 is 2.12 bits per heavy atom. The van der Waals surface area contributed by atoms with Crippen molar-refractivity contribution in [2.24, 2.45) is 5.92 Å². The lowest BCUT2D eigenvalue weighted by atomic mass is 9.97.